The van der Waals surface area contributed by atoms with Crippen LogP contribution in [0.5, 0.6) is 0 Å². The summed E-state index contributed by atoms with van der Waals surface area (Å²) in [5.41, 5.74) is 0. The van der Waals surface area contributed by atoms with Crippen molar-refractivity contribution in [2.24, 2.45) is 11.8 Å². The first-order valence-corrected chi connectivity index (χ1v) is 8.24. The molecule has 0 aliphatic heterocycles. The molecule has 1 fully saturated rings. The van der Waals surface area contributed by atoms with Crippen molar-refractivity contribution in [2.75, 3.05) is 14.2 Å². The largest absolute Gasteiger partial charge is 0.350 e. The number of hydrogen-bond acceptors (Lipinski definition) is 3. The Morgan fingerprint density at radius 3 is 2.14 bits per heavy atom. The van der Waals surface area contributed by atoms with E-state index < -0.39 is 21.5 Å². The molecule has 3 rings (SSSR count). The molecule has 0 radical (unpaired) electrons. The molecule has 1 saturated carbocycles. The summed E-state index contributed by atoms with van der Waals surface area (Å²) in [5, 5.41) is 0.293. The molecule has 3 unspecified atom stereocenters. The minimum Gasteiger partial charge on any atom is -0.350 e. The lowest BCUT2D eigenvalue weighted by Crippen LogP contribution is -2.57. The minimum atomic E-state index is -1.50. The molecular formula is C15H14Cl4O3. The molecule has 0 aromatic heterocycles. The Bertz CT molecular complexity index is 610. The van der Waals surface area contributed by atoms with Gasteiger partial charge in [-0.05, 0) is 6.42 Å². The lowest BCUT2D eigenvalue weighted by atomic mass is 9.82. The van der Waals surface area contributed by atoms with Crippen LogP contribution in [0.3, 0.4) is 0 Å². The van der Waals surface area contributed by atoms with E-state index >= 15 is 0 Å². The van der Waals surface area contributed by atoms with Crippen molar-refractivity contribution < 1.29 is 14.3 Å². The second-order valence-corrected chi connectivity index (χ2v) is 7.62. The first-order chi connectivity index (χ1) is 10.3. The summed E-state index contributed by atoms with van der Waals surface area (Å²) in [6.07, 6.45) is 7.44. The standard InChI is InChI=1S/C15H14Cl4O3/c1-21-15(22-2)13(18)7-9(10(20)8-5-3-4-6-8)14(15,19)12(17)11(13)16/h3-6,8-9H,7H2,1-2H3. The molecule has 7 heteroatoms. The molecule has 0 heterocycles. The number of carbonyl (C=O) groups excluding carboxylic acids is 1. The number of hydrogen-bond donors (Lipinski definition) is 0. The summed E-state index contributed by atoms with van der Waals surface area (Å²) >= 11 is 26.2. The van der Waals surface area contributed by atoms with Crippen LogP contribution in [0.2, 0.25) is 0 Å². The first-order valence-electron chi connectivity index (χ1n) is 6.73. The number of allylic oxidation sites excluding steroid dienone is 4. The maximum atomic E-state index is 12.9. The molecule has 0 aromatic carbocycles. The highest BCUT2D eigenvalue weighted by Gasteiger charge is 2.82. The third kappa shape index (κ3) is 1.65. The topological polar surface area (TPSA) is 35.5 Å². The van der Waals surface area contributed by atoms with Gasteiger partial charge in [0.25, 0.3) is 0 Å². The molecule has 3 aliphatic rings. The van der Waals surface area contributed by atoms with Gasteiger partial charge in [0, 0.05) is 14.2 Å². The van der Waals surface area contributed by atoms with Crippen LogP contribution in [0.15, 0.2) is 34.4 Å². The number of alkyl halides is 2. The molecule has 2 bridgehead atoms. The first kappa shape index (κ1) is 16.8. The maximum absolute atomic E-state index is 12.9. The summed E-state index contributed by atoms with van der Waals surface area (Å²) in [4.78, 5) is 10.1. The fourth-order valence-electron chi connectivity index (χ4n) is 3.79. The van der Waals surface area contributed by atoms with Crippen molar-refractivity contribution in [3.8, 4) is 0 Å². The minimum absolute atomic E-state index is 0.0803. The lowest BCUT2D eigenvalue weighted by molar-refractivity contribution is -0.218. The highest BCUT2D eigenvalue weighted by atomic mass is 35.5. The number of halogens is 4. The molecule has 0 aromatic rings. The number of Topliss-reactive ketones (excluding diaryl/α,β-unsaturated/α-hetero) is 1. The van der Waals surface area contributed by atoms with E-state index in [1.165, 1.54) is 14.2 Å². The average molecular weight is 384 g/mol. The van der Waals surface area contributed by atoms with Crippen LogP contribution in [0, 0.1) is 11.8 Å². The van der Waals surface area contributed by atoms with Crippen LogP contribution in [0.1, 0.15) is 6.42 Å². The summed E-state index contributed by atoms with van der Waals surface area (Å²) in [7, 11) is 2.83. The van der Waals surface area contributed by atoms with E-state index in [2.05, 4.69) is 0 Å². The van der Waals surface area contributed by atoms with E-state index in [0.717, 1.165) is 0 Å². The molecule has 3 aliphatic carbocycles. The van der Waals surface area contributed by atoms with E-state index in [9.17, 15) is 4.79 Å². The maximum Gasteiger partial charge on any atom is 0.217 e. The van der Waals surface area contributed by atoms with Crippen molar-refractivity contribution in [1.29, 1.82) is 0 Å². The Hall–Kier alpha value is -0.0300. The van der Waals surface area contributed by atoms with Gasteiger partial charge in [-0.15, -0.1) is 23.2 Å². The SMILES string of the molecule is COC1(OC)C2(Cl)CC(C(=O)C3C=CC=C3)C1(Cl)C(Cl)=C2Cl. The van der Waals surface area contributed by atoms with Crippen LogP contribution in [0.4, 0.5) is 0 Å². The quantitative estimate of drug-likeness (QED) is 0.544. The molecule has 0 N–H and O–H groups in total. The van der Waals surface area contributed by atoms with Gasteiger partial charge in [-0.2, -0.15) is 0 Å². The van der Waals surface area contributed by atoms with E-state index in [1.807, 2.05) is 12.2 Å². The highest BCUT2D eigenvalue weighted by molar-refractivity contribution is 6.52. The Morgan fingerprint density at radius 1 is 1.14 bits per heavy atom. The van der Waals surface area contributed by atoms with Gasteiger partial charge in [0.2, 0.25) is 5.79 Å². The smallest absolute Gasteiger partial charge is 0.217 e. The van der Waals surface area contributed by atoms with Gasteiger partial charge in [-0.25, -0.2) is 0 Å². The van der Waals surface area contributed by atoms with Gasteiger partial charge in [0.1, 0.15) is 15.5 Å². The predicted molar refractivity (Wildman–Crippen MR) is 87.5 cm³/mol. The number of ketones is 1. The van der Waals surface area contributed by atoms with Gasteiger partial charge >= 0.3 is 0 Å². The zero-order chi connectivity index (χ0) is 16.3. The van der Waals surface area contributed by atoms with Crippen molar-refractivity contribution >= 4 is 52.2 Å². The van der Waals surface area contributed by atoms with E-state index in [0.29, 0.717) is 0 Å². The second-order valence-electron chi connectivity index (χ2n) is 5.62. The van der Waals surface area contributed by atoms with Crippen LogP contribution in [-0.4, -0.2) is 35.5 Å². The molecule has 0 amide bonds. The highest BCUT2D eigenvalue weighted by Crippen LogP contribution is 2.72. The molecular weight excluding hydrogens is 370 g/mol. The van der Waals surface area contributed by atoms with E-state index in [-0.39, 0.29) is 28.2 Å². The fraction of sp³-hybridized carbons (Fsp3) is 0.533. The second kappa shape index (κ2) is 5.23. The summed E-state index contributed by atoms with van der Waals surface area (Å²) in [5.74, 6) is -2.60. The average Bonchev–Trinajstić information content (AvgIpc) is 3.13. The van der Waals surface area contributed by atoms with Gasteiger partial charge in [-0.1, -0.05) is 47.5 Å². The van der Waals surface area contributed by atoms with Gasteiger partial charge in [0.05, 0.1) is 21.9 Å². The summed E-state index contributed by atoms with van der Waals surface area (Å²) < 4.78 is 11.1. The van der Waals surface area contributed by atoms with Crippen molar-refractivity contribution in [1.82, 2.24) is 0 Å². The fourth-order valence-corrected chi connectivity index (χ4v) is 5.85. The predicted octanol–water partition coefficient (Wildman–Crippen LogP) is 3.96. The third-order valence-electron chi connectivity index (χ3n) is 4.82. The third-order valence-corrected chi connectivity index (χ3v) is 7.40. The Balaban J connectivity index is 2.13. The monoisotopic (exact) mass is 382 g/mol. The van der Waals surface area contributed by atoms with Crippen LogP contribution in [0.25, 0.3) is 0 Å². The lowest BCUT2D eigenvalue weighted by Gasteiger charge is -2.41. The molecule has 3 atom stereocenters. The number of carbonyl (C=O) groups is 1. The molecule has 120 valence electrons. The van der Waals surface area contributed by atoms with Crippen molar-refractivity contribution in [3.05, 3.63) is 34.4 Å². The van der Waals surface area contributed by atoms with Crippen molar-refractivity contribution in [3.63, 3.8) is 0 Å². The molecule has 3 nitrogen and oxygen atoms in total. The zero-order valence-corrected chi connectivity index (χ0v) is 14.9. The van der Waals surface area contributed by atoms with Crippen LogP contribution < -0.4 is 0 Å². The van der Waals surface area contributed by atoms with E-state index in [1.54, 1.807) is 12.2 Å². The number of methoxy groups -OCH3 is 2. The molecule has 22 heavy (non-hydrogen) atoms. The normalized spacial score (nSPS) is 39.3. The Morgan fingerprint density at radius 2 is 1.68 bits per heavy atom. The summed E-state index contributed by atoms with van der Waals surface area (Å²) in [6, 6.07) is 0. The Labute approximate surface area is 148 Å². The van der Waals surface area contributed by atoms with Crippen LogP contribution >= 0.6 is 46.4 Å². The molecule has 0 spiro atoms. The van der Waals surface area contributed by atoms with Gasteiger partial charge in [0.15, 0.2) is 0 Å². The number of fused-ring (bicyclic) bond motifs is 2. The van der Waals surface area contributed by atoms with E-state index in [4.69, 9.17) is 55.9 Å². The van der Waals surface area contributed by atoms with Crippen molar-refractivity contribution in [2.45, 2.75) is 22.0 Å². The zero-order valence-electron chi connectivity index (χ0n) is 11.9. The number of rotatable bonds is 4. The number of ether oxygens (including phenoxy) is 2. The van der Waals surface area contributed by atoms with Crippen LogP contribution in [-0.2, 0) is 14.3 Å². The molecule has 0 saturated heterocycles. The Kier molecular flexibility index (Phi) is 4.00. The van der Waals surface area contributed by atoms with Gasteiger partial charge in [-0.3, -0.25) is 4.79 Å². The van der Waals surface area contributed by atoms with Gasteiger partial charge < -0.3 is 9.47 Å². The summed E-state index contributed by atoms with van der Waals surface area (Å²) in [6.45, 7) is 0.